The summed E-state index contributed by atoms with van der Waals surface area (Å²) in [6.07, 6.45) is 1.59. The first-order valence-corrected chi connectivity index (χ1v) is 8.21. The molecule has 8 nitrogen and oxygen atoms in total. The number of oxazole rings is 1. The number of methoxy groups -OCH3 is 1. The van der Waals surface area contributed by atoms with E-state index in [0.717, 1.165) is 24.4 Å². The van der Waals surface area contributed by atoms with Crippen molar-refractivity contribution in [1.29, 1.82) is 0 Å². The van der Waals surface area contributed by atoms with E-state index in [1.807, 2.05) is 4.90 Å². The number of likely N-dealkylation sites (tertiary alicyclic amines) is 1. The molecule has 0 N–H and O–H groups in total. The van der Waals surface area contributed by atoms with Crippen LogP contribution in [0.5, 0.6) is 0 Å². The summed E-state index contributed by atoms with van der Waals surface area (Å²) in [5.41, 5.74) is 0.763. The average molecular weight is 336 g/mol. The summed E-state index contributed by atoms with van der Waals surface area (Å²) >= 11 is 0. The fraction of sp³-hybridized carbons (Fsp3) is 0.688. The zero-order chi connectivity index (χ0) is 17.3. The molecule has 1 saturated heterocycles. The number of rotatable bonds is 4. The zero-order valence-electron chi connectivity index (χ0n) is 14.4. The number of nitrogens with zero attached hydrogens (tertiary/aromatic N) is 4. The Balaban J connectivity index is 1.65. The minimum Gasteiger partial charge on any atom is -0.437 e. The van der Waals surface area contributed by atoms with Gasteiger partial charge in [-0.05, 0) is 6.42 Å². The van der Waals surface area contributed by atoms with Gasteiger partial charge in [-0.25, -0.2) is 4.98 Å². The molecular formula is C16H24N4O4. The Hall–Kier alpha value is -1.93. The maximum absolute atomic E-state index is 12.5. The first-order valence-electron chi connectivity index (χ1n) is 8.21. The third-order valence-electron chi connectivity index (χ3n) is 4.61. The minimum atomic E-state index is -0.181. The van der Waals surface area contributed by atoms with Gasteiger partial charge in [0.15, 0.2) is 0 Å². The van der Waals surface area contributed by atoms with Crippen molar-refractivity contribution < 1.29 is 18.7 Å². The molecule has 0 unspecified atom stereocenters. The lowest BCUT2D eigenvalue weighted by Gasteiger charge is -2.25. The maximum Gasteiger partial charge on any atom is 0.309 e. The molecule has 3 rings (SSSR count). The van der Waals surface area contributed by atoms with Crippen molar-refractivity contribution in [2.24, 2.45) is 0 Å². The van der Waals surface area contributed by atoms with E-state index < -0.39 is 0 Å². The lowest BCUT2D eigenvalue weighted by atomic mass is 10.1. The molecule has 0 spiro atoms. The SMILES string of the molecule is CO[C@@H]1CCN(C(=O)c2nc3c(o2)CCN(CC(=O)N(C)C)C3)C1. The van der Waals surface area contributed by atoms with Gasteiger partial charge in [0.1, 0.15) is 5.76 Å². The highest BCUT2D eigenvalue weighted by Gasteiger charge is 2.32. The fourth-order valence-corrected chi connectivity index (χ4v) is 3.05. The van der Waals surface area contributed by atoms with Crippen molar-refractivity contribution in [3.05, 3.63) is 17.3 Å². The van der Waals surface area contributed by atoms with E-state index in [4.69, 9.17) is 9.15 Å². The summed E-state index contributed by atoms with van der Waals surface area (Å²) in [5, 5.41) is 0. The second-order valence-electron chi connectivity index (χ2n) is 6.54. The van der Waals surface area contributed by atoms with Crippen LogP contribution in [-0.2, 0) is 22.5 Å². The summed E-state index contributed by atoms with van der Waals surface area (Å²) in [4.78, 5) is 34.1. The van der Waals surface area contributed by atoms with Crippen LogP contribution in [0.3, 0.4) is 0 Å². The van der Waals surface area contributed by atoms with Crippen LogP contribution in [0.15, 0.2) is 4.42 Å². The number of fused-ring (bicyclic) bond motifs is 1. The third kappa shape index (κ3) is 3.44. The molecule has 0 aromatic carbocycles. The van der Waals surface area contributed by atoms with Crippen LogP contribution >= 0.6 is 0 Å². The molecule has 1 aromatic heterocycles. The molecular weight excluding hydrogens is 312 g/mol. The number of hydrogen-bond donors (Lipinski definition) is 0. The van der Waals surface area contributed by atoms with E-state index in [2.05, 4.69) is 4.98 Å². The second kappa shape index (κ2) is 6.90. The second-order valence-corrected chi connectivity index (χ2v) is 6.54. The molecule has 1 atom stereocenters. The minimum absolute atomic E-state index is 0.0564. The highest BCUT2D eigenvalue weighted by molar-refractivity contribution is 5.90. The van der Waals surface area contributed by atoms with Crippen molar-refractivity contribution >= 4 is 11.8 Å². The van der Waals surface area contributed by atoms with Crippen LogP contribution in [0.2, 0.25) is 0 Å². The summed E-state index contributed by atoms with van der Waals surface area (Å²) in [6, 6.07) is 0. The normalized spacial score (nSPS) is 21.0. The van der Waals surface area contributed by atoms with Gasteiger partial charge in [0, 0.05) is 53.8 Å². The molecule has 0 saturated carbocycles. The number of likely N-dealkylation sites (N-methyl/N-ethyl adjacent to an activating group) is 1. The monoisotopic (exact) mass is 336 g/mol. The van der Waals surface area contributed by atoms with E-state index in [0.29, 0.717) is 32.6 Å². The highest BCUT2D eigenvalue weighted by Crippen LogP contribution is 2.22. The van der Waals surface area contributed by atoms with Crippen LogP contribution in [0.1, 0.15) is 28.6 Å². The molecule has 8 heteroatoms. The number of hydrogen-bond acceptors (Lipinski definition) is 6. The molecule has 0 aliphatic carbocycles. The molecule has 1 fully saturated rings. The Morgan fingerprint density at radius 1 is 1.38 bits per heavy atom. The first-order chi connectivity index (χ1) is 11.5. The van der Waals surface area contributed by atoms with Gasteiger partial charge in [-0.2, -0.15) is 0 Å². The van der Waals surface area contributed by atoms with Crippen LogP contribution in [0.4, 0.5) is 0 Å². The molecule has 2 amide bonds. The number of carbonyl (C=O) groups is 2. The topological polar surface area (TPSA) is 79.1 Å². The Bertz CT molecular complexity index is 628. The summed E-state index contributed by atoms with van der Waals surface area (Å²) in [6.45, 7) is 2.85. The van der Waals surface area contributed by atoms with Gasteiger partial charge in [0.2, 0.25) is 5.91 Å². The third-order valence-corrected chi connectivity index (χ3v) is 4.61. The van der Waals surface area contributed by atoms with E-state index in [1.54, 1.807) is 31.0 Å². The van der Waals surface area contributed by atoms with Gasteiger partial charge in [0.25, 0.3) is 5.89 Å². The number of carbonyl (C=O) groups excluding carboxylic acids is 2. The fourth-order valence-electron chi connectivity index (χ4n) is 3.05. The first kappa shape index (κ1) is 16.9. The summed E-state index contributed by atoms with van der Waals surface area (Å²) < 4.78 is 11.0. The quantitative estimate of drug-likeness (QED) is 0.769. The molecule has 0 bridgehead atoms. The Morgan fingerprint density at radius 3 is 2.83 bits per heavy atom. The largest absolute Gasteiger partial charge is 0.437 e. The van der Waals surface area contributed by atoms with Gasteiger partial charge in [-0.15, -0.1) is 0 Å². The number of aromatic nitrogens is 1. The summed E-state index contributed by atoms with van der Waals surface area (Å²) in [5.74, 6) is 0.785. The average Bonchev–Trinajstić information content (AvgIpc) is 3.20. The van der Waals surface area contributed by atoms with Crippen LogP contribution in [0, 0.1) is 0 Å². The van der Waals surface area contributed by atoms with Gasteiger partial charge < -0.3 is 19.0 Å². The standard InChI is InChI=1S/C16H24N4O4/c1-18(2)14(21)10-19-6-5-13-12(9-19)17-15(24-13)16(22)20-7-4-11(8-20)23-3/h11H,4-10H2,1-3H3/t11-/m1/s1. The highest BCUT2D eigenvalue weighted by atomic mass is 16.5. The van der Waals surface area contributed by atoms with Gasteiger partial charge in [0.05, 0.1) is 18.3 Å². The van der Waals surface area contributed by atoms with Crippen molar-refractivity contribution in [3.63, 3.8) is 0 Å². The predicted octanol–water partition coefficient (Wildman–Crippen LogP) is -0.0182. The molecule has 2 aliphatic rings. The number of amides is 2. The van der Waals surface area contributed by atoms with Crippen LogP contribution < -0.4 is 0 Å². The van der Waals surface area contributed by atoms with Gasteiger partial charge in [-0.3, -0.25) is 14.5 Å². The maximum atomic E-state index is 12.5. The van der Waals surface area contributed by atoms with E-state index >= 15 is 0 Å². The van der Waals surface area contributed by atoms with Crippen molar-refractivity contribution in [3.8, 4) is 0 Å². The summed E-state index contributed by atoms with van der Waals surface area (Å²) in [7, 11) is 5.15. The molecule has 132 valence electrons. The molecule has 0 radical (unpaired) electrons. The number of ether oxygens (including phenoxy) is 1. The van der Waals surface area contributed by atoms with E-state index in [1.165, 1.54) is 0 Å². The zero-order valence-corrected chi connectivity index (χ0v) is 14.4. The van der Waals surface area contributed by atoms with Gasteiger partial charge >= 0.3 is 5.91 Å². The Labute approximate surface area is 141 Å². The Kier molecular flexibility index (Phi) is 4.86. The lowest BCUT2D eigenvalue weighted by Crippen LogP contribution is -2.39. The predicted molar refractivity (Wildman–Crippen MR) is 85.5 cm³/mol. The molecule has 24 heavy (non-hydrogen) atoms. The molecule has 3 heterocycles. The van der Waals surface area contributed by atoms with Gasteiger partial charge in [-0.1, -0.05) is 0 Å². The Morgan fingerprint density at radius 2 is 2.17 bits per heavy atom. The molecule has 1 aromatic rings. The molecule has 2 aliphatic heterocycles. The van der Waals surface area contributed by atoms with E-state index in [9.17, 15) is 9.59 Å². The van der Waals surface area contributed by atoms with Crippen molar-refractivity contribution in [2.75, 3.05) is 47.4 Å². The van der Waals surface area contributed by atoms with Crippen molar-refractivity contribution in [2.45, 2.75) is 25.5 Å². The van der Waals surface area contributed by atoms with Crippen LogP contribution in [-0.4, -0.2) is 85.0 Å². The smallest absolute Gasteiger partial charge is 0.309 e. The van der Waals surface area contributed by atoms with E-state index in [-0.39, 0.29) is 23.8 Å². The van der Waals surface area contributed by atoms with Crippen LogP contribution in [0.25, 0.3) is 0 Å². The van der Waals surface area contributed by atoms with Crippen molar-refractivity contribution in [1.82, 2.24) is 19.7 Å². The lowest BCUT2D eigenvalue weighted by molar-refractivity contribution is -0.130.